The standard InChI is InChI=1S/C29H28FN7O2/c30-23-16-22(39-27(23)37-18-33-24-25(31)34-28(36-32)35-26(24)37)17-38-29(19-10-4-1-5-11-19,20-12-6-2-7-13-20)21-14-8-3-9-15-21/h1-15,18,22-23,27H,16-17,32H2,(H3,31,34,35,36)/t22-,23-,27+/m0/s1. The fourth-order valence-corrected chi connectivity index (χ4v) is 5.23. The van der Waals surface area contributed by atoms with Crippen LogP contribution in [-0.2, 0) is 15.1 Å². The van der Waals surface area contributed by atoms with E-state index in [1.54, 1.807) is 0 Å². The first-order chi connectivity index (χ1) is 19.1. The molecule has 1 aliphatic rings. The predicted molar refractivity (Wildman–Crippen MR) is 146 cm³/mol. The Labute approximate surface area is 224 Å². The van der Waals surface area contributed by atoms with E-state index >= 15 is 4.39 Å². The SMILES string of the molecule is NNc1nc(N)c2ncn([C@@H]3O[C@H](COC(c4ccccc4)(c4ccccc4)c4ccccc4)C[C@@H]3F)c2n1. The van der Waals surface area contributed by atoms with Crippen molar-refractivity contribution in [2.24, 2.45) is 5.84 Å². The topological polar surface area (TPSA) is 126 Å². The molecule has 39 heavy (non-hydrogen) atoms. The van der Waals surface area contributed by atoms with Gasteiger partial charge in [0.05, 0.1) is 19.0 Å². The van der Waals surface area contributed by atoms with Crippen molar-refractivity contribution in [1.29, 1.82) is 0 Å². The Balaban J connectivity index is 1.33. The van der Waals surface area contributed by atoms with Crippen LogP contribution in [0.4, 0.5) is 16.2 Å². The monoisotopic (exact) mass is 525 g/mol. The fraction of sp³-hybridized carbons (Fsp3) is 0.207. The summed E-state index contributed by atoms with van der Waals surface area (Å²) in [5.74, 6) is 5.72. The van der Waals surface area contributed by atoms with Gasteiger partial charge in [0.2, 0.25) is 5.95 Å². The van der Waals surface area contributed by atoms with Gasteiger partial charge in [0.25, 0.3) is 0 Å². The first-order valence-corrected chi connectivity index (χ1v) is 12.7. The molecular formula is C29H28FN7O2. The summed E-state index contributed by atoms with van der Waals surface area (Å²) in [6.07, 6.45) is -1.20. The van der Waals surface area contributed by atoms with Crippen LogP contribution in [0.15, 0.2) is 97.3 Å². The summed E-state index contributed by atoms with van der Waals surface area (Å²) < 4.78 is 30.0. The van der Waals surface area contributed by atoms with E-state index in [4.69, 9.17) is 21.1 Å². The molecule has 0 amide bonds. The van der Waals surface area contributed by atoms with Crippen LogP contribution >= 0.6 is 0 Å². The van der Waals surface area contributed by atoms with E-state index in [1.165, 1.54) is 10.9 Å². The second kappa shape index (κ2) is 10.4. The normalized spacial score (nSPS) is 19.4. The van der Waals surface area contributed by atoms with Crippen molar-refractivity contribution in [3.63, 3.8) is 0 Å². The number of rotatable bonds is 8. The summed E-state index contributed by atoms with van der Waals surface area (Å²) in [6.45, 7) is 0.148. The second-order valence-electron chi connectivity index (χ2n) is 9.39. The zero-order chi connectivity index (χ0) is 26.8. The van der Waals surface area contributed by atoms with Gasteiger partial charge in [0.1, 0.15) is 17.3 Å². The minimum absolute atomic E-state index is 0.105. The van der Waals surface area contributed by atoms with Crippen LogP contribution < -0.4 is 17.0 Å². The van der Waals surface area contributed by atoms with Gasteiger partial charge in [-0.15, -0.1) is 0 Å². The van der Waals surface area contributed by atoms with Gasteiger partial charge < -0.3 is 15.2 Å². The number of nitrogens with two attached hydrogens (primary N) is 2. The number of hydrogen-bond donors (Lipinski definition) is 3. The van der Waals surface area contributed by atoms with Crippen LogP contribution in [0, 0.1) is 0 Å². The summed E-state index contributed by atoms with van der Waals surface area (Å²) in [4.78, 5) is 12.6. The highest BCUT2D eigenvalue weighted by Gasteiger charge is 2.42. The van der Waals surface area contributed by atoms with Crippen molar-refractivity contribution in [2.75, 3.05) is 17.8 Å². The predicted octanol–water partition coefficient (Wildman–Crippen LogP) is 4.33. The van der Waals surface area contributed by atoms with Gasteiger partial charge >= 0.3 is 0 Å². The highest BCUT2D eigenvalue weighted by Crippen LogP contribution is 2.42. The van der Waals surface area contributed by atoms with Gasteiger partial charge in [-0.25, -0.2) is 15.2 Å². The molecule has 2 aromatic heterocycles. The van der Waals surface area contributed by atoms with Crippen molar-refractivity contribution >= 4 is 22.9 Å². The molecule has 6 rings (SSSR count). The van der Waals surface area contributed by atoms with Crippen LogP contribution in [0.25, 0.3) is 11.2 Å². The number of halogens is 1. The third-order valence-corrected chi connectivity index (χ3v) is 7.01. The Morgan fingerprint density at radius 3 is 2.03 bits per heavy atom. The fourth-order valence-electron chi connectivity index (χ4n) is 5.23. The van der Waals surface area contributed by atoms with E-state index < -0.39 is 24.1 Å². The van der Waals surface area contributed by atoms with E-state index in [1.807, 2.05) is 91.0 Å². The average Bonchev–Trinajstić information content (AvgIpc) is 3.58. The maximum atomic E-state index is 15.5. The number of anilines is 2. The summed E-state index contributed by atoms with van der Waals surface area (Å²) >= 11 is 0. The van der Waals surface area contributed by atoms with Crippen LogP contribution in [0.3, 0.4) is 0 Å². The molecule has 1 aliphatic heterocycles. The molecule has 1 fully saturated rings. The van der Waals surface area contributed by atoms with E-state index in [-0.39, 0.29) is 24.8 Å². The largest absolute Gasteiger partial charge is 0.382 e. The maximum absolute atomic E-state index is 15.5. The maximum Gasteiger partial charge on any atom is 0.241 e. The van der Waals surface area contributed by atoms with Gasteiger partial charge in [-0.05, 0) is 16.7 Å². The summed E-state index contributed by atoms with van der Waals surface area (Å²) in [5.41, 5.74) is 11.0. The molecule has 9 nitrogen and oxygen atoms in total. The average molecular weight is 526 g/mol. The minimum Gasteiger partial charge on any atom is -0.382 e. The van der Waals surface area contributed by atoms with Gasteiger partial charge in [-0.2, -0.15) is 9.97 Å². The molecule has 1 saturated heterocycles. The lowest BCUT2D eigenvalue weighted by Gasteiger charge is -2.36. The lowest BCUT2D eigenvalue weighted by atomic mass is 9.80. The first kappa shape index (κ1) is 24.9. The van der Waals surface area contributed by atoms with Crippen LogP contribution in [0.1, 0.15) is 29.3 Å². The van der Waals surface area contributed by atoms with Crippen molar-refractivity contribution < 1.29 is 13.9 Å². The van der Waals surface area contributed by atoms with Gasteiger partial charge in [-0.1, -0.05) is 91.0 Å². The highest BCUT2D eigenvalue weighted by molar-refractivity contribution is 5.82. The zero-order valence-electron chi connectivity index (χ0n) is 21.0. The highest BCUT2D eigenvalue weighted by atomic mass is 19.1. The third kappa shape index (κ3) is 4.48. The Morgan fingerprint density at radius 1 is 0.923 bits per heavy atom. The number of aromatic nitrogens is 4. The van der Waals surface area contributed by atoms with Crippen molar-refractivity contribution in [3.05, 3.63) is 114 Å². The lowest BCUT2D eigenvalue weighted by molar-refractivity contribution is -0.0804. The van der Waals surface area contributed by atoms with Crippen LogP contribution in [-0.4, -0.2) is 38.4 Å². The molecule has 0 unspecified atom stereocenters. The van der Waals surface area contributed by atoms with E-state index in [9.17, 15) is 0 Å². The van der Waals surface area contributed by atoms with Gasteiger partial charge in [0, 0.05) is 6.42 Å². The number of imidazole rings is 1. The van der Waals surface area contributed by atoms with Crippen LogP contribution in [0.2, 0.25) is 0 Å². The molecule has 3 heterocycles. The molecule has 3 aromatic carbocycles. The number of nitrogen functional groups attached to an aromatic ring is 2. The summed E-state index contributed by atoms with van der Waals surface area (Å²) in [7, 11) is 0. The summed E-state index contributed by atoms with van der Waals surface area (Å²) in [6, 6.07) is 30.1. The number of benzene rings is 3. The number of nitrogens with zero attached hydrogens (tertiary/aromatic N) is 4. The number of hydrazine groups is 1. The first-order valence-electron chi connectivity index (χ1n) is 12.7. The van der Waals surface area contributed by atoms with Crippen molar-refractivity contribution in [1.82, 2.24) is 19.5 Å². The Hall–Kier alpha value is -4.38. The van der Waals surface area contributed by atoms with Gasteiger partial charge in [-0.3, -0.25) is 9.99 Å². The molecule has 0 bridgehead atoms. The molecule has 10 heteroatoms. The second-order valence-corrected chi connectivity index (χ2v) is 9.39. The molecule has 5 N–H and O–H groups in total. The van der Waals surface area contributed by atoms with Gasteiger partial charge in [0.15, 0.2) is 17.7 Å². The molecule has 5 aromatic rings. The van der Waals surface area contributed by atoms with E-state index in [0.29, 0.717) is 11.2 Å². The quantitative estimate of drug-likeness (QED) is 0.155. The number of hydrogen-bond acceptors (Lipinski definition) is 8. The Bertz CT molecular complexity index is 1450. The molecule has 0 aliphatic carbocycles. The molecule has 0 radical (unpaired) electrons. The Morgan fingerprint density at radius 2 is 1.49 bits per heavy atom. The smallest absolute Gasteiger partial charge is 0.241 e. The molecule has 0 spiro atoms. The molecule has 3 atom stereocenters. The van der Waals surface area contributed by atoms with Crippen LogP contribution in [0.5, 0.6) is 0 Å². The number of nitrogens with one attached hydrogen (secondary N) is 1. The minimum atomic E-state index is -1.32. The number of alkyl halides is 1. The van der Waals surface area contributed by atoms with E-state index in [2.05, 4.69) is 20.4 Å². The molecule has 0 saturated carbocycles. The van der Waals surface area contributed by atoms with Crippen molar-refractivity contribution in [3.8, 4) is 0 Å². The van der Waals surface area contributed by atoms with E-state index in [0.717, 1.165) is 16.7 Å². The Kier molecular flexibility index (Phi) is 6.65. The molecule has 198 valence electrons. The number of ether oxygens (including phenoxy) is 2. The lowest BCUT2D eigenvalue weighted by Crippen LogP contribution is -2.35. The zero-order valence-corrected chi connectivity index (χ0v) is 21.0. The van der Waals surface area contributed by atoms with Crippen molar-refractivity contribution in [2.45, 2.75) is 30.5 Å². The summed E-state index contributed by atoms with van der Waals surface area (Å²) in [5, 5.41) is 0. The number of fused-ring (bicyclic) bond motifs is 1. The molecular weight excluding hydrogens is 497 g/mol. The third-order valence-electron chi connectivity index (χ3n) is 7.01.